The van der Waals surface area contributed by atoms with Gasteiger partial charge in [-0.15, -0.1) is 0 Å². The van der Waals surface area contributed by atoms with Crippen molar-refractivity contribution in [3.63, 3.8) is 0 Å². The molecule has 0 amide bonds. The lowest BCUT2D eigenvalue weighted by Crippen LogP contribution is -2.10. The molecule has 96 valence electrons. The van der Waals surface area contributed by atoms with E-state index in [4.69, 9.17) is 5.73 Å². The summed E-state index contributed by atoms with van der Waals surface area (Å²) in [5.41, 5.74) is 8.80. The fourth-order valence-corrected chi connectivity index (χ4v) is 2.21. The van der Waals surface area contributed by atoms with Crippen molar-refractivity contribution in [1.29, 1.82) is 0 Å². The minimum atomic E-state index is 0.223. The zero-order valence-electron chi connectivity index (χ0n) is 11.4. The first-order valence-electron chi connectivity index (χ1n) is 7.06. The fraction of sp³-hybridized carbons (Fsp3) is 0.625. The number of nitrogens with two attached hydrogens (primary N) is 1. The van der Waals surface area contributed by atoms with E-state index in [0.717, 1.165) is 6.42 Å². The molecule has 0 aliphatic rings. The van der Waals surface area contributed by atoms with Crippen LogP contribution in [0.25, 0.3) is 0 Å². The van der Waals surface area contributed by atoms with E-state index in [1.807, 2.05) is 0 Å². The second kappa shape index (κ2) is 8.30. The molecule has 0 bridgehead atoms. The van der Waals surface area contributed by atoms with E-state index in [0.29, 0.717) is 0 Å². The summed E-state index contributed by atoms with van der Waals surface area (Å²) in [4.78, 5) is 0. The van der Waals surface area contributed by atoms with Gasteiger partial charge in [0.15, 0.2) is 0 Å². The molecule has 17 heavy (non-hydrogen) atoms. The normalized spacial score (nSPS) is 12.6. The summed E-state index contributed by atoms with van der Waals surface area (Å²) < 4.78 is 0. The van der Waals surface area contributed by atoms with Crippen molar-refractivity contribution in [3.05, 3.63) is 35.4 Å². The van der Waals surface area contributed by atoms with Crippen LogP contribution in [-0.4, -0.2) is 0 Å². The van der Waals surface area contributed by atoms with E-state index >= 15 is 0 Å². The molecule has 0 heterocycles. The molecular weight excluding hydrogens is 206 g/mol. The monoisotopic (exact) mass is 233 g/mol. The van der Waals surface area contributed by atoms with Gasteiger partial charge in [0.05, 0.1) is 0 Å². The number of rotatable bonds is 8. The van der Waals surface area contributed by atoms with Gasteiger partial charge in [-0.1, -0.05) is 75.3 Å². The zero-order chi connectivity index (χ0) is 12.5. The number of hydrogen-bond acceptors (Lipinski definition) is 1. The second-order valence-electron chi connectivity index (χ2n) is 5.08. The Morgan fingerprint density at radius 2 is 1.76 bits per heavy atom. The average molecular weight is 233 g/mol. The van der Waals surface area contributed by atoms with E-state index in [-0.39, 0.29) is 6.04 Å². The van der Waals surface area contributed by atoms with E-state index in [1.165, 1.54) is 49.7 Å². The zero-order valence-corrected chi connectivity index (χ0v) is 11.4. The third-order valence-corrected chi connectivity index (χ3v) is 3.34. The molecule has 0 aliphatic carbocycles. The molecule has 0 saturated carbocycles. The summed E-state index contributed by atoms with van der Waals surface area (Å²) in [7, 11) is 0. The van der Waals surface area contributed by atoms with Gasteiger partial charge in [-0.2, -0.15) is 0 Å². The summed E-state index contributed by atoms with van der Waals surface area (Å²) in [6, 6.07) is 8.81. The highest BCUT2D eigenvalue weighted by atomic mass is 14.6. The van der Waals surface area contributed by atoms with Crippen molar-refractivity contribution in [3.8, 4) is 0 Å². The molecule has 1 rings (SSSR count). The quantitative estimate of drug-likeness (QED) is 0.644. The number of benzene rings is 1. The largest absolute Gasteiger partial charge is 0.324 e. The Hall–Kier alpha value is -0.820. The summed E-state index contributed by atoms with van der Waals surface area (Å²) in [6.45, 7) is 4.38. The van der Waals surface area contributed by atoms with E-state index in [2.05, 4.69) is 38.1 Å². The van der Waals surface area contributed by atoms with Gasteiger partial charge in [-0.25, -0.2) is 0 Å². The lowest BCUT2D eigenvalue weighted by atomic mass is 9.99. The molecule has 0 fully saturated rings. The second-order valence-corrected chi connectivity index (χ2v) is 5.08. The maximum Gasteiger partial charge on any atom is 0.0294 e. The van der Waals surface area contributed by atoms with Crippen molar-refractivity contribution < 1.29 is 0 Å². The summed E-state index contributed by atoms with van der Waals surface area (Å²) >= 11 is 0. The number of aryl methyl sites for hydroxylation is 1. The van der Waals surface area contributed by atoms with Crippen LogP contribution in [0.4, 0.5) is 0 Å². The Bertz CT molecular complexity index is 306. The summed E-state index contributed by atoms with van der Waals surface area (Å²) in [5.74, 6) is 0. The molecule has 1 aromatic carbocycles. The fourth-order valence-electron chi connectivity index (χ4n) is 2.21. The van der Waals surface area contributed by atoms with Crippen molar-refractivity contribution in [1.82, 2.24) is 0 Å². The molecule has 1 nitrogen and oxygen atoms in total. The predicted octanol–water partition coefficient (Wildman–Crippen LogP) is 4.75. The molecule has 1 atom stereocenters. The van der Waals surface area contributed by atoms with Crippen molar-refractivity contribution in [2.24, 2.45) is 5.73 Å². The van der Waals surface area contributed by atoms with Gasteiger partial charge in [-0.3, -0.25) is 0 Å². The number of unbranched alkanes of at least 4 members (excludes halogenated alkanes) is 5. The van der Waals surface area contributed by atoms with E-state index in [1.54, 1.807) is 0 Å². The van der Waals surface area contributed by atoms with Gasteiger partial charge in [0, 0.05) is 6.04 Å². The first kappa shape index (κ1) is 14.2. The third kappa shape index (κ3) is 5.88. The van der Waals surface area contributed by atoms with Gasteiger partial charge in [0.1, 0.15) is 0 Å². The molecule has 0 aliphatic heterocycles. The molecule has 0 radical (unpaired) electrons. The Balaban J connectivity index is 2.19. The van der Waals surface area contributed by atoms with Crippen molar-refractivity contribution in [2.75, 3.05) is 0 Å². The maximum atomic E-state index is 6.20. The average Bonchev–Trinajstić information content (AvgIpc) is 2.33. The van der Waals surface area contributed by atoms with Gasteiger partial charge >= 0.3 is 0 Å². The lowest BCUT2D eigenvalue weighted by Gasteiger charge is -2.12. The van der Waals surface area contributed by atoms with Crippen LogP contribution in [0, 0.1) is 6.92 Å². The molecule has 0 spiro atoms. The van der Waals surface area contributed by atoms with Crippen LogP contribution in [0.15, 0.2) is 24.3 Å². The molecule has 1 heteroatoms. The van der Waals surface area contributed by atoms with Crippen LogP contribution in [0.2, 0.25) is 0 Å². The van der Waals surface area contributed by atoms with Gasteiger partial charge in [0.25, 0.3) is 0 Å². The third-order valence-electron chi connectivity index (χ3n) is 3.34. The Labute approximate surface area is 106 Å². The molecule has 2 N–H and O–H groups in total. The van der Waals surface area contributed by atoms with Crippen molar-refractivity contribution >= 4 is 0 Å². The van der Waals surface area contributed by atoms with Gasteiger partial charge in [-0.05, 0) is 18.9 Å². The lowest BCUT2D eigenvalue weighted by molar-refractivity contribution is 0.547. The molecule has 0 saturated heterocycles. The van der Waals surface area contributed by atoms with Crippen LogP contribution in [0.5, 0.6) is 0 Å². The minimum absolute atomic E-state index is 0.223. The predicted molar refractivity (Wildman–Crippen MR) is 76.1 cm³/mol. The molecule has 1 unspecified atom stereocenters. The van der Waals surface area contributed by atoms with Crippen LogP contribution in [0.1, 0.15) is 69.0 Å². The summed E-state index contributed by atoms with van der Waals surface area (Å²) in [5, 5.41) is 0. The maximum absolute atomic E-state index is 6.20. The summed E-state index contributed by atoms with van der Waals surface area (Å²) in [6.07, 6.45) is 9.17. The van der Waals surface area contributed by atoms with Crippen LogP contribution in [0.3, 0.4) is 0 Å². The first-order chi connectivity index (χ1) is 8.24. The van der Waals surface area contributed by atoms with Gasteiger partial charge in [0.2, 0.25) is 0 Å². The Kier molecular flexibility index (Phi) is 6.95. The topological polar surface area (TPSA) is 26.0 Å². The standard InChI is InChI=1S/C16H27N/c1-3-4-5-6-7-8-12-16(17)15-11-9-10-14(2)13-15/h9-11,13,16H,3-8,12,17H2,1-2H3. The van der Waals surface area contributed by atoms with Crippen LogP contribution in [-0.2, 0) is 0 Å². The highest BCUT2D eigenvalue weighted by Crippen LogP contribution is 2.18. The van der Waals surface area contributed by atoms with Crippen LogP contribution >= 0.6 is 0 Å². The smallest absolute Gasteiger partial charge is 0.0294 e. The highest BCUT2D eigenvalue weighted by Gasteiger charge is 2.05. The molecule has 1 aromatic rings. The SMILES string of the molecule is CCCCCCCCC(N)c1cccc(C)c1. The Morgan fingerprint density at radius 3 is 2.47 bits per heavy atom. The highest BCUT2D eigenvalue weighted by molar-refractivity contribution is 5.24. The van der Waals surface area contributed by atoms with Crippen LogP contribution < -0.4 is 5.73 Å². The van der Waals surface area contributed by atoms with E-state index < -0.39 is 0 Å². The first-order valence-corrected chi connectivity index (χ1v) is 7.06. The van der Waals surface area contributed by atoms with E-state index in [9.17, 15) is 0 Å². The molecule has 0 aromatic heterocycles. The Morgan fingerprint density at radius 1 is 1.06 bits per heavy atom. The van der Waals surface area contributed by atoms with Crippen molar-refractivity contribution in [2.45, 2.75) is 64.8 Å². The number of hydrogen-bond donors (Lipinski definition) is 1. The minimum Gasteiger partial charge on any atom is -0.324 e. The molecular formula is C16H27N. The van der Waals surface area contributed by atoms with Gasteiger partial charge < -0.3 is 5.73 Å².